The highest BCUT2D eigenvalue weighted by molar-refractivity contribution is 7.89. The Labute approximate surface area is 150 Å². The van der Waals surface area contributed by atoms with Crippen LogP contribution in [-0.2, 0) is 14.8 Å². The number of amides is 1. The highest BCUT2D eigenvalue weighted by Gasteiger charge is 2.39. The van der Waals surface area contributed by atoms with Gasteiger partial charge in [-0.1, -0.05) is 25.1 Å². The van der Waals surface area contributed by atoms with Crippen molar-refractivity contribution in [1.29, 1.82) is 0 Å². The second-order valence-corrected chi connectivity index (χ2v) is 7.68. The van der Waals surface area contributed by atoms with Crippen LogP contribution in [0.4, 0.5) is 0 Å². The van der Waals surface area contributed by atoms with Crippen LogP contribution in [0.15, 0.2) is 35.2 Å². The normalized spacial score (nSPS) is 19.5. The number of hydrogen-bond donors (Lipinski definition) is 2. The predicted octanol–water partition coefficient (Wildman–Crippen LogP) is 1.38. The maximum absolute atomic E-state index is 12.7. The van der Waals surface area contributed by atoms with E-state index in [2.05, 4.69) is 10.6 Å². The van der Waals surface area contributed by atoms with Gasteiger partial charge in [-0.2, -0.15) is 4.31 Å². The van der Waals surface area contributed by atoms with E-state index in [0.717, 1.165) is 6.54 Å². The molecule has 1 saturated heterocycles. The average molecular weight is 376 g/mol. The molecule has 1 amide bonds. The molecule has 1 heterocycles. The highest BCUT2D eigenvalue weighted by atomic mass is 35.5. The zero-order valence-electron chi connectivity index (χ0n) is 14.1. The second kappa shape index (κ2) is 9.36. The Kier molecular flexibility index (Phi) is 8.15. The number of benzene rings is 1. The molecular weight excluding hydrogens is 350 g/mol. The van der Waals surface area contributed by atoms with Crippen molar-refractivity contribution in [2.75, 3.05) is 19.6 Å². The van der Waals surface area contributed by atoms with Gasteiger partial charge < -0.3 is 10.6 Å². The van der Waals surface area contributed by atoms with Crippen molar-refractivity contribution in [3.05, 3.63) is 30.3 Å². The Morgan fingerprint density at radius 1 is 1.33 bits per heavy atom. The Hall–Kier alpha value is -1.15. The fourth-order valence-electron chi connectivity index (χ4n) is 2.81. The molecule has 2 rings (SSSR count). The fourth-order valence-corrected chi connectivity index (χ4v) is 4.49. The van der Waals surface area contributed by atoms with E-state index in [1.165, 1.54) is 4.31 Å². The van der Waals surface area contributed by atoms with Gasteiger partial charge in [-0.15, -0.1) is 12.4 Å². The monoisotopic (exact) mass is 375 g/mol. The molecule has 1 aliphatic heterocycles. The number of sulfonamides is 1. The lowest BCUT2D eigenvalue weighted by atomic mass is 10.2. The number of halogens is 1. The van der Waals surface area contributed by atoms with E-state index >= 15 is 0 Å². The highest BCUT2D eigenvalue weighted by Crippen LogP contribution is 2.26. The molecule has 8 heteroatoms. The summed E-state index contributed by atoms with van der Waals surface area (Å²) in [5.74, 6) is -0.216. The Bertz CT molecular complexity index is 625. The van der Waals surface area contributed by atoms with Gasteiger partial charge in [0.25, 0.3) is 0 Å². The van der Waals surface area contributed by atoms with Gasteiger partial charge in [0.2, 0.25) is 15.9 Å². The largest absolute Gasteiger partial charge is 0.353 e. The summed E-state index contributed by atoms with van der Waals surface area (Å²) in [5, 5.41) is 6.07. The number of hydrogen-bond acceptors (Lipinski definition) is 4. The van der Waals surface area contributed by atoms with Crippen molar-refractivity contribution in [3.8, 4) is 0 Å². The minimum Gasteiger partial charge on any atom is -0.353 e. The third-order valence-electron chi connectivity index (χ3n) is 3.99. The van der Waals surface area contributed by atoms with Gasteiger partial charge in [0, 0.05) is 19.1 Å². The molecule has 24 heavy (non-hydrogen) atoms. The molecule has 0 aliphatic carbocycles. The minimum absolute atomic E-state index is 0. The van der Waals surface area contributed by atoms with Crippen LogP contribution in [0.5, 0.6) is 0 Å². The third-order valence-corrected chi connectivity index (χ3v) is 5.91. The summed E-state index contributed by atoms with van der Waals surface area (Å²) in [7, 11) is -3.62. The van der Waals surface area contributed by atoms with Crippen LogP contribution in [0, 0.1) is 0 Å². The van der Waals surface area contributed by atoms with E-state index in [0.29, 0.717) is 25.9 Å². The number of rotatable bonds is 7. The quantitative estimate of drug-likeness (QED) is 0.754. The molecule has 0 bridgehead atoms. The summed E-state index contributed by atoms with van der Waals surface area (Å²) in [6.45, 7) is 5.69. The molecule has 2 atom stereocenters. The smallest absolute Gasteiger partial charge is 0.243 e. The van der Waals surface area contributed by atoms with Crippen LogP contribution in [0.25, 0.3) is 0 Å². The SMILES string of the molecule is CCN[C@H](C)CNC(=O)C1CCCN1S(=O)(=O)c1ccccc1.Cl. The molecule has 136 valence electrons. The summed E-state index contributed by atoms with van der Waals surface area (Å²) in [6.07, 6.45) is 1.26. The van der Waals surface area contributed by atoms with Gasteiger partial charge in [0.1, 0.15) is 6.04 Å². The van der Waals surface area contributed by atoms with Gasteiger partial charge in [0.05, 0.1) is 4.90 Å². The summed E-state index contributed by atoms with van der Waals surface area (Å²) in [5.41, 5.74) is 0. The van der Waals surface area contributed by atoms with E-state index in [1.54, 1.807) is 30.3 Å². The fraction of sp³-hybridized carbons (Fsp3) is 0.562. The molecule has 1 aromatic carbocycles. The molecule has 0 aromatic heterocycles. The van der Waals surface area contributed by atoms with Crippen LogP contribution >= 0.6 is 12.4 Å². The number of carbonyl (C=O) groups excluding carboxylic acids is 1. The van der Waals surface area contributed by atoms with Gasteiger partial charge in [-0.3, -0.25) is 4.79 Å². The lowest BCUT2D eigenvalue weighted by Crippen LogP contribution is -2.48. The summed E-state index contributed by atoms with van der Waals surface area (Å²) < 4.78 is 26.8. The average Bonchev–Trinajstić information content (AvgIpc) is 3.04. The van der Waals surface area contributed by atoms with Crippen LogP contribution in [0.1, 0.15) is 26.7 Å². The first kappa shape index (κ1) is 20.9. The summed E-state index contributed by atoms with van der Waals surface area (Å²) in [4.78, 5) is 12.6. The Morgan fingerprint density at radius 2 is 2.00 bits per heavy atom. The van der Waals surface area contributed by atoms with Gasteiger partial charge in [-0.05, 0) is 38.4 Å². The maximum atomic E-state index is 12.7. The van der Waals surface area contributed by atoms with Crippen molar-refractivity contribution < 1.29 is 13.2 Å². The molecule has 1 aliphatic rings. The molecule has 0 radical (unpaired) electrons. The lowest BCUT2D eigenvalue weighted by molar-refractivity contribution is -0.124. The summed E-state index contributed by atoms with van der Waals surface area (Å²) in [6, 6.07) is 7.83. The van der Waals surface area contributed by atoms with Gasteiger partial charge >= 0.3 is 0 Å². The number of likely N-dealkylation sites (N-methyl/N-ethyl adjacent to an activating group) is 1. The van der Waals surface area contributed by atoms with Crippen molar-refractivity contribution >= 4 is 28.3 Å². The van der Waals surface area contributed by atoms with Crippen LogP contribution in [-0.4, -0.2) is 50.3 Å². The van der Waals surface area contributed by atoms with Gasteiger partial charge in [-0.25, -0.2) is 8.42 Å². The first-order chi connectivity index (χ1) is 11.0. The Morgan fingerprint density at radius 3 is 2.62 bits per heavy atom. The number of nitrogens with one attached hydrogen (secondary N) is 2. The number of carbonyl (C=O) groups is 1. The lowest BCUT2D eigenvalue weighted by Gasteiger charge is -2.24. The van der Waals surface area contributed by atoms with Crippen molar-refractivity contribution in [1.82, 2.24) is 14.9 Å². The topological polar surface area (TPSA) is 78.5 Å². The van der Waals surface area contributed by atoms with Crippen LogP contribution in [0.3, 0.4) is 0 Å². The molecule has 6 nitrogen and oxygen atoms in total. The van der Waals surface area contributed by atoms with Crippen molar-refractivity contribution in [2.45, 2.75) is 43.7 Å². The minimum atomic E-state index is -3.62. The van der Waals surface area contributed by atoms with Crippen LogP contribution in [0.2, 0.25) is 0 Å². The molecular formula is C16H26ClN3O3S. The maximum Gasteiger partial charge on any atom is 0.243 e. The first-order valence-electron chi connectivity index (χ1n) is 8.04. The molecule has 2 N–H and O–H groups in total. The van der Waals surface area contributed by atoms with Gasteiger partial charge in [0.15, 0.2) is 0 Å². The van der Waals surface area contributed by atoms with E-state index < -0.39 is 16.1 Å². The van der Waals surface area contributed by atoms with Crippen LogP contribution < -0.4 is 10.6 Å². The van der Waals surface area contributed by atoms with E-state index in [-0.39, 0.29) is 29.3 Å². The number of nitrogens with zero attached hydrogens (tertiary/aromatic N) is 1. The van der Waals surface area contributed by atoms with E-state index in [9.17, 15) is 13.2 Å². The van der Waals surface area contributed by atoms with E-state index in [4.69, 9.17) is 0 Å². The zero-order valence-corrected chi connectivity index (χ0v) is 15.7. The third kappa shape index (κ3) is 4.92. The summed E-state index contributed by atoms with van der Waals surface area (Å²) >= 11 is 0. The standard InChI is InChI=1S/C16H25N3O3S.ClH/c1-3-17-13(2)12-18-16(20)15-10-7-11-19(15)23(21,22)14-8-5-4-6-9-14;/h4-6,8-9,13,15,17H,3,7,10-12H2,1-2H3,(H,18,20);1H/t13-,15?;/m1./s1. The molecule has 0 spiro atoms. The molecule has 1 fully saturated rings. The van der Waals surface area contributed by atoms with E-state index in [1.807, 2.05) is 13.8 Å². The van der Waals surface area contributed by atoms with Crippen molar-refractivity contribution in [3.63, 3.8) is 0 Å². The Balaban J connectivity index is 0.00000288. The van der Waals surface area contributed by atoms with Crippen molar-refractivity contribution in [2.24, 2.45) is 0 Å². The molecule has 1 aromatic rings. The first-order valence-corrected chi connectivity index (χ1v) is 9.48. The molecule has 0 saturated carbocycles. The predicted molar refractivity (Wildman–Crippen MR) is 96.8 cm³/mol. The molecule has 1 unspecified atom stereocenters. The zero-order chi connectivity index (χ0) is 16.9. The second-order valence-electron chi connectivity index (χ2n) is 5.79.